The van der Waals surface area contributed by atoms with Gasteiger partial charge in [-0.05, 0) is 55.1 Å². The highest BCUT2D eigenvalue weighted by Gasteiger charge is 2.30. The van der Waals surface area contributed by atoms with Gasteiger partial charge in [-0.1, -0.05) is 18.2 Å². The molecule has 3 aromatic rings. The third-order valence-corrected chi connectivity index (χ3v) is 7.32. The van der Waals surface area contributed by atoms with Gasteiger partial charge in [-0.15, -0.1) is 0 Å². The summed E-state index contributed by atoms with van der Waals surface area (Å²) in [5, 5.41) is 15.7. The number of amides is 1. The monoisotopic (exact) mass is 526 g/mol. The number of ether oxygens (including phenoxy) is 2. The number of benzene rings is 3. The second kappa shape index (κ2) is 10.4. The Bertz CT molecular complexity index is 1460. The Hall–Kier alpha value is -4.34. The molecule has 9 heteroatoms. The summed E-state index contributed by atoms with van der Waals surface area (Å²) in [6, 6.07) is 18.5. The van der Waals surface area contributed by atoms with E-state index in [-0.39, 0.29) is 11.5 Å². The fourth-order valence-corrected chi connectivity index (χ4v) is 5.13. The number of aromatic carboxylic acids is 1. The van der Waals surface area contributed by atoms with Gasteiger partial charge in [0, 0.05) is 49.5 Å². The van der Waals surface area contributed by atoms with Gasteiger partial charge in [0.05, 0.1) is 22.5 Å². The Morgan fingerprint density at radius 3 is 2.38 bits per heavy atom. The predicted octanol–water partition coefficient (Wildman–Crippen LogP) is 3.84. The minimum absolute atomic E-state index is 0.111. The number of likely N-dealkylation sites (N-methyl/N-ethyl adjacent to an activating group) is 1. The van der Waals surface area contributed by atoms with E-state index in [1.54, 1.807) is 6.07 Å². The van der Waals surface area contributed by atoms with E-state index in [0.29, 0.717) is 47.2 Å². The molecule has 200 valence electrons. The number of rotatable bonds is 6. The lowest BCUT2D eigenvalue weighted by Gasteiger charge is -2.32. The molecule has 1 fully saturated rings. The highest BCUT2D eigenvalue weighted by Crippen LogP contribution is 2.40. The number of hydrogen-bond acceptors (Lipinski definition) is 7. The first kappa shape index (κ1) is 25.0. The zero-order valence-electron chi connectivity index (χ0n) is 21.7. The molecular formula is C30H30N4O5. The second-order valence-corrected chi connectivity index (χ2v) is 10.0. The molecule has 1 saturated heterocycles. The second-order valence-electron chi connectivity index (χ2n) is 10.0. The van der Waals surface area contributed by atoms with Crippen molar-refractivity contribution in [3.63, 3.8) is 0 Å². The molecule has 39 heavy (non-hydrogen) atoms. The molecule has 9 nitrogen and oxygen atoms in total. The molecule has 0 saturated carbocycles. The Labute approximate surface area is 226 Å². The maximum atomic E-state index is 13.3. The first-order valence-corrected chi connectivity index (χ1v) is 13.0. The number of hydrogen-bond donors (Lipinski definition) is 3. The normalized spacial score (nSPS) is 18.3. The molecule has 6 rings (SSSR count). The average Bonchev–Trinajstić information content (AvgIpc) is 3.28. The van der Waals surface area contributed by atoms with Crippen LogP contribution in [0.2, 0.25) is 0 Å². The summed E-state index contributed by atoms with van der Waals surface area (Å²) in [6.45, 7) is 6.08. The maximum absolute atomic E-state index is 13.3. The number of nitrogens with zero attached hydrogens (tertiary/aromatic N) is 2. The van der Waals surface area contributed by atoms with Crippen molar-refractivity contribution >= 4 is 34.5 Å². The molecule has 3 aliphatic rings. The summed E-state index contributed by atoms with van der Waals surface area (Å²) in [5.41, 5.74) is 5.05. The zero-order chi connectivity index (χ0) is 26.9. The molecular weight excluding hydrogens is 496 g/mol. The van der Waals surface area contributed by atoms with E-state index in [4.69, 9.17) is 9.47 Å². The van der Waals surface area contributed by atoms with Crippen LogP contribution in [0.3, 0.4) is 0 Å². The molecule has 0 aliphatic carbocycles. The highest BCUT2D eigenvalue weighted by molar-refractivity contribution is 6.37. The molecule has 3 aromatic carbocycles. The number of carboxylic acid groups (broad SMARTS) is 1. The summed E-state index contributed by atoms with van der Waals surface area (Å²) >= 11 is 0. The van der Waals surface area contributed by atoms with Crippen LogP contribution in [0.5, 0.6) is 11.5 Å². The number of piperazine rings is 1. The minimum atomic E-state index is -1.05. The fraction of sp³-hybridized carbons (Fsp3) is 0.267. The van der Waals surface area contributed by atoms with Crippen LogP contribution >= 0.6 is 0 Å². The molecule has 3 aliphatic heterocycles. The van der Waals surface area contributed by atoms with E-state index in [2.05, 4.69) is 39.6 Å². The third kappa shape index (κ3) is 5.19. The Balaban J connectivity index is 1.35. The lowest BCUT2D eigenvalue weighted by atomic mass is 9.98. The number of fused-ring (bicyclic) bond motifs is 2. The van der Waals surface area contributed by atoms with Gasteiger partial charge >= 0.3 is 5.97 Å². The Morgan fingerprint density at radius 1 is 0.923 bits per heavy atom. The Kier molecular flexibility index (Phi) is 6.68. The summed E-state index contributed by atoms with van der Waals surface area (Å²) in [7, 11) is 2.15. The van der Waals surface area contributed by atoms with Gasteiger partial charge < -0.3 is 30.1 Å². The van der Waals surface area contributed by atoms with Crippen molar-refractivity contribution in [3.8, 4) is 11.5 Å². The zero-order valence-corrected chi connectivity index (χ0v) is 21.7. The van der Waals surface area contributed by atoms with Gasteiger partial charge in [0.2, 0.25) is 0 Å². The van der Waals surface area contributed by atoms with Crippen molar-refractivity contribution in [1.29, 1.82) is 0 Å². The van der Waals surface area contributed by atoms with Crippen LogP contribution in [0.25, 0.3) is 11.3 Å². The van der Waals surface area contributed by atoms with Crippen molar-refractivity contribution in [2.24, 2.45) is 0 Å². The van der Waals surface area contributed by atoms with Crippen molar-refractivity contribution < 1.29 is 24.2 Å². The topological polar surface area (TPSA) is 103 Å². The highest BCUT2D eigenvalue weighted by atomic mass is 16.6. The number of carbonyl (C=O) groups excluding carboxylic acids is 1. The average molecular weight is 527 g/mol. The molecule has 3 heterocycles. The fourth-order valence-electron chi connectivity index (χ4n) is 5.13. The van der Waals surface area contributed by atoms with E-state index < -0.39 is 5.97 Å². The maximum Gasteiger partial charge on any atom is 0.335 e. The van der Waals surface area contributed by atoms with E-state index in [0.717, 1.165) is 44.0 Å². The van der Waals surface area contributed by atoms with Crippen molar-refractivity contribution in [3.05, 3.63) is 82.9 Å². The van der Waals surface area contributed by atoms with E-state index in [1.165, 1.54) is 17.7 Å². The van der Waals surface area contributed by atoms with Crippen LogP contribution in [-0.2, 0) is 11.3 Å². The van der Waals surface area contributed by atoms with E-state index in [1.807, 2.05) is 30.3 Å². The molecule has 0 radical (unpaired) electrons. The van der Waals surface area contributed by atoms with Crippen LogP contribution in [0.1, 0.15) is 27.0 Å². The molecule has 0 atom stereocenters. The smallest absolute Gasteiger partial charge is 0.335 e. The van der Waals surface area contributed by atoms with Gasteiger partial charge in [0.25, 0.3) is 5.91 Å². The molecule has 0 aromatic heterocycles. The first-order chi connectivity index (χ1) is 18.9. The quantitative estimate of drug-likeness (QED) is 0.417. The van der Waals surface area contributed by atoms with Crippen LogP contribution in [0.15, 0.2) is 60.7 Å². The first-order valence-electron chi connectivity index (χ1n) is 13.0. The van der Waals surface area contributed by atoms with Gasteiger partial charge in [-0.3, -0.25) is 9.69 Å². The van der Waals surface area contributed by atoms with Crippen LogP contribution in [0, 0.1) is 0 Å². The van der Waals surface area contributed by atoms with Crippen molar-refractivity contribution in [2.45, 2.75) is 6.54 Å². The lowest BCUT2D eigenvalue weighted by molar-refractivity contribution is -0.110. The van der Waals surface area contributed by atoms with Gasteiger partial charge in [0.15, 0.2) is 11.5 Å². The summed E-state index contributed by atoms with van der Waals surface area (Å²) < 4.78 is 11.5. The lowest BCUT2D eigenvalue weighted by Crippen LogP contribution is -2.43. The van der Waals surface area contributed by atoms with Crippen LogP contribution in [-0.4, -0.2) is 73.2 Å². The SMILES string of the molecule is CN1CCN(Cc2ccc(N/C(=C3\C(=O)Nc4cc(C(=O)O)ccc43)c3ccc4c(c3)OCCO4)cc2)CC1. The number of anilines is 2. The van der Waals surface area contributed by atoms with E-state index >= 15 is 0 Å². The van der Waals surface area contributed by atoms with Gasteiger partial charge in [-0.2, -0.15) is 0 Å². The van der Waals surface area contributed by atoms with Crippen LogP contribution < -0.4 is 20.1 Å². The van der Waals surface area contributed by atoms with Gasteiger partial charge in [-0.25, -0.2) is 4.79 Å². The molecule has 1 amide bonds. The summed E-state index contributed by atoms with van der Waals surface area (Å²) in [5.74, 6) is -0.0889. The third-order valence-electron chi connectivity index (χ3n) is 7.32. The predicted molar refractivity (Wildman–Crippen MR) is 149 cm³/mol. The van der Waals surface area contributed by atoms with Gasteiger partial charge in [0.1, 0.15) is 13.2 Å². The Morgan fingerprint density at radius 2 is 1.64 bits per heavy atom. The van der Waals surface area contributed by atoms with Crippen molar-refractivity contribution in [2.75, 3.05) is 57.1 Å². The number of carboxylic acids is 1. The van der Waals surface area contributed by atoms with Crippen LogP contribution in [0.4, 0.5) is 11.4 Å². The number of nitrogens with one attached hydrogen (secondary N) is 2. The standard InChI is InChI=1S/C30H30N4O5/c1-33-10-12-34(13-11-33)18-19-2-6-22(7-3-19)31-28(20-5-9-25-26(17-20)39-15-14-38-25)27-23-8-4-21(30(36)37)16-24(23)32-29(27)35/h2-9,16-17,31H,10-15,18H2,1H3,(H,32,35)(H,36,37)/b28-27-. The summed E-state index contributed by atoms with van der Waals surface area (Å²) in [6.07, 6.45) is 0. The molecule has 3 N–H and O–H groups in total. The molecule has 0 unspecified atom stereocenters. The minimum Gasteiger partial charge on any atom is -0.486 e. The molecule has 0 spiro atoms. The largest absolute Gasteiger partial charge is 0.486 e. The molecule has 0 bridgehead atoms. The summed E-state index contributed by atoms with van der Waals surface area (Å²) in [4.78, 5) is 29.6. The number of carbonyl (C=O) groups is 2. The van der Waals surface area contributed by atoms with E-state index in [9.17, 15) is 14.7 Å². The van der Waals surface area contributed by atoms with Crippen molar-refractivity contribution in [1.82, 2.24) is 9.80 Å².